The quantitative estimate of drug-likeness (QED) is 0.915. The SMILES string of the molecule is Cc1cc(N2CCC(N(C)C(=O)c3ccc(=O)[nH]c3)CC2)nc(C)n1. The van der Waals surface area contributed by atoms with Crippen LogP contribution in [0, 0.1) is 13.8 Å². The Labute approximate surface area is 146 Å². The van der Waals surface area contributed by atoms with Crippen molar-refractivity contribution in [3.63, 3.8) is 0 Å². The summed E-state index contributed by atoms with van der Waals surface area (Å²) in [6, 6.07) is 5.13. The fraction of sp³-hybridized carbons (Fsp3) is 0.444. The summed E-state index contributed by atoms with van der Waals surface area (Å²) in [5.41, 5.74) is 1.27. The molecule has 7 heteroatoms. The fourth-order valence-electron chi connectivity index (χ4n) is 3.25. The number of carbonyl (C=O) groups excluding carboxylic acids is 1. The van der Waals surface area contributed by atoms with Crippen molar-refractivity contribution in [3.8, 4) is 0 Å². The minimum Gasteiger partial charge on any atom is -0.356 e. The Kier molecular flexibility index (Phi) is 4.83. The molecule has 7 nitrogen and oxygen atoms in total. The van der Waals surface area contributed by atoms with Crippen molar-refractivity contribution in [2.45, 2.75) is 32.7 Å². The van der Waals surface area contributed by atoms with E-state index in [-0.39, 0.29) is 17.5 Å². The summed E-state index contributed by atoms with van der Waals surface area (Å²) >= 11 is 0. The first-order chi connectivity index (χ1) is 11.9. The van der Waals surface area contributed by atoms with Gasteiger partial charge in [0.05, 0.1) is 5.56 Å². The van der Waals surface area contributed by atoms with Crippen LogP contribution in [-0.4, -0.2) is 51.9 Å². The molecule has 2 aromatic heterocycles. The summed E-state index contributed by atoms with van der Waals surface area (Å²) in [6.07, 6.45) is 3.24. The van der Waals surface area contributed by atoms with Crippen molar-refractivity contribution in [3.05, 3.63) is 51.8 Å². The Morgan fingerprint density at radius 3 is 2.56 bits per heavy atom. The van der Waals surface area contributed by atoms with Crippen LogP contribution in [0.25, 0.3) is 0 Å². The van der Waals surface area contributed by atoms with E-state index in [9.17, 15) is 9.59 Å². The van der Waals surface area contributed by atoms with Gasteiger partial charge in [0.2, 0.25) is 5.56 Å². The van der Waals surface area contributed by atoms with Gasteiger partial charge < -0.3 is 14.8 Å². The topological polar surface area (TPSA) is 82.2 Å². The Bertz CT molecular complexity index is 784. The lowest BCUT2D eigenvalue weighted by Gasteiger charge is -2.37. The van der Waals surface area contributed by atoms with Crippen LogP contribution >= 0.6 is 0 Å². The summed E-state index contributed by atoms with van der Waals surface area (Å²) in [5, 5.41) is 0. The van der Waals surface area contributed by atoms with Gasteiger partial charge in [0.25, 0.3) is 5.91 Å². The molecule has 0 saturated carbocycles. The summed E-state index contributed by atoms with van der Waals surface area (Å²) < 4.78 is 0. The number of aromatic nitrogens is 3. The predicted molar refractivity (Wildman–Crippen MR) is 95.9 cm³/mol. The molecule has 132 valence electrons. The molecule has 0 radical (unpaired) electrons. The lowest BCUT2D eigenvalue weighted by molar-refractivity contribution is 0.0708. The monoisotopic (exact) mass is 341 g/mol. The summed E-state index contributed by atoms with van der Waals surface area (Å²) in [7, 11) is 1.83. The molecule has 0 atom stereocenters. The number of hydrogen-bond acceptors (Lipinski definition) is 5. The first-order valence-electron chi connectivity index (χ1n) is 8.47. The maximum Gasteiger partial charge on any atom is 0.255 e. The molecule has 1 fully saturated rings. The van der Waals surface area contributed by atoms with Crippen LogP contribution in [0.15, 0.2) is 29.2 Å². The maximum absolute atomic E-state index is 12.6. The highest BCUT2D eigenvalue weighted by atomic mass is 16.2. The highest BCUT2D eigenvalue weighted by molar-refractivity contribution is 5.93. The maximum atomic E-state index is 12.6. The molecule has 1 aliphatic heterocycles. The van der Waals surface area contributed by atoms with E-state index in [4.69, 9.17) is 0 Å². The van der Waals surface area contributed by atoms with E-state index in [1.807, 2.05) is 27.0 Å². The number of rotatable bonds is 3. The summed E-state index contributed by atoms with van der Waals surface area (Å²) in [6.45, 7) is 5.58. The van der Waals surface area contributed by atoms with E-state index in [2.05, 4.69) is 19.9 Å². The Balaban J connectivity index is 1.64. The summed E-state index contributed by atoms with van der Waals surface area (Å²) in [4.78, 5) is 39.1. The molecule has 1 N–H and O–H groups in total. The number of pyridine rings is 1. The number of anilines is 1. The molecule has 3 heterocycles. The molecular formula is C18H23N5O2. The number of aryl methyl sites for hydroxylation is 2. The van der Waals surface area contributed by atoms with Crippen molar-refractivity contribution < 1.29 is 4.79 Å². The van der Waals surface area contributed by atoms with Crippen LogP contribution in [-0.2, 0) is 0 Å². The molecule has 0 unspecified atom stereocenters. The third-order valence-corrected chi connectivity index (χ3v) is 4.64. The number of H-pyrrole nitrogens is 1. The van der Waals surface area contributed by atoms with Crippen LogP contribution in [0.2, 0.25) is 0 Å². The van der Waals surface area contributed by atoms with Gasteiger partial charge in [0.1, 0.15) is 11.6 Å². The van der Waals surface area contributed by atoms with Gasteiger partial charge in [-0.1, -0.05) is 0 Å². The molecule has 1 aliphatic rings. The first-order valence-corrected chi connectivity index (χ1v) is 8.47. The molecule has 0 aromatic carbocycles. The second-order valence-electron chi connectivity index (χ2n) is 6.49. The molecule has 0 aliphatic carbocycles. The average molecular weight is 341 g/mol. The first kappa shape index (κ1) is 17.1. The number of nitrogens with zero attached hydrogens (tertiary/aromatic N) is 4. The predicted octanol–water partition coefficient (Wildman–Crippen LogP) is 1.52. The van der Waals surface area contributed by atoms with E-state index < -0.39 is 0 Å². The minimum atomic E-state index is -0.206. The van der Waals surface area contributed by atoms with Gasteiger partial charge in [-0.15, -0.1) is 0 Å². The zero-order valence-corrected chi connectivity index (χ0v) is 14.8. The van der Waals surface area contributed by atoms with Crippen molar-refractivity contribution in [1.82, 2.24) is 19.9 Å². The van der Waals surface area contributed by atoms with Crippen molar-refractivity contribution >= 4 is 11.7 Å². The molecule has 3 rings (SSSR count). The number of hydrogen-bond donors (Lipinski definition) is 1. The number of amides is 1. The molecule has 1 saturated heterocycles. The van der Waals surface area contributed by atoms with E-state index in [1.165, 1.54) is 12.3 Å². The van der Waals surface area contributed by atoms with Crippen LogP contribution in [0.1, 0.15) is 34.7 Å². The van der Waals surface area contributed by atoms with Crippen LogP contribution in [0.5, 0.6) is 0 Å². The lowest BCUT2D eigenvalue weighted by Crippen LogP contribution is -2.46. The van der Waals surface area contributed by atoms with Gasteiger partial charge in [-0.25, -0.2) is 9.97 Å². The minimum absolute atomic E-state index is 0.0663. The fourth-order valence-corrected chi connectivity index (χ4v) is 3.25. The van der Waals surface area contributed by atoms with Gasteiger partial charge in [0.15, 0.2) is 0 Å². The van der Waals surface area contributed by atoms with Crippen molar-refractivity contribution in [1.29, 1.82) is 0 Å². The molecule has 2 aromatic rings. The van der Waals surface area contributed by atoms with Gasteiger partial charge in [-0.05, 0) is 32.8 Å². The normalized spacial score (nSPS) is 15.2. The number of aromatic amines is 1. The smallest absolute Gasteiger partial charge is 0.255 e. The molecule has 1 amide bonds. The molecule has 25 heavy (non-hydrogen) atoms. The molecule has 0 bridgehead atoms. The molecule has 0 spiro atoms. The second-order valence-corrected chi connectivity index (χ2v) is 6.49. The Morgan fingerprint density at radius 1 is 1.24 bits per heavy atom. The van der Waals surface area contributed by atoms with Gasteiger partial charge in [-0.2, -0.15) is 0 Å². The third-order valence-electron chi connectivity index (χ3n) is 4.64. The zero-order chi connectivity index (χ0) is 18.0. The van der Waals surface area contributed by atoms with Crippen molar-refractivity contribution in [2.75, 3.05) is 25.0 Å². The lowest BCUT2D eigenvalue weighted by atomic mass is 10.0. The van der Waals surface area contributed by atoms with Crippen LogP contribution in [0.4, 0.5) is 5.82 Å². The third kappa shape index (κ3) is 3.87. The largest absolute Gasteiger partial charge is 0.356 e. The standard InChI is InChI=1S/C18H23N5O2/c1-12-10-16(21-13(2)20-12)23-8-6-15(7-9-23)22(3)18(25)14-4-5-17(24)19-11-14/h4-5,10-11,15H,6-9H2,1-3H3,(H,19,24). The van der Waals surface area contributed by atoms with Crippen LogP contribution < -0.4 is 10.5 Å². The molecular weight excluding hydrogens is 318 g/mol. The van der Waals surface area contributed by atoms with Gasteiger partial charge in [-0.3, -0.25) is 9.59 Å². The van der Waals surface area contributed by atoms with E-state index in [1.54, 1.807) is 11.0 Å². The van der Waals surface area contributed by atoms with Gasteiger partial charge in [0, 0.05) is 50.2 Å². The second kappa shape index (κ2) is 7.04. The van der Waals surface area contributed by atoms with E-state index in [0.717, 1.165) is 43.3 Å². The zero-order valence-electron chi connectivity index (χ0n) is 14.8. The summed E-state index contributed by atoms with van der Waals surface area (Å²) in [5.74, 6) is 1.67. The average Bonchev–Trinajstić information content (AvgIpc) is 2.60. The number of carbonyl (C=O) groups is 1. The van der Waals surface area contributed by atoms with Gasteiger partial charge >= 0.3 is 0 Å². The highest BCUT2D eigenvalue weighted by Crippen LogP contribution is 2.22. The van der Waals surface area contributed by atoms with E-state index in [0.29, 0.717) is 5.56 Å². The Morgan fingerprint density at radius 2 is 1.96 bits per heavy atom. The van der Waals surface area contributed by atoms with Crippen molar-refractivity contribution in [2.24, 2.45) is 0 Å². The highest BCUT2D eigenvalue weighted by Gasteiger charge is 2.26. The number of nitrogens with one attached hydrogen (secondary N) is 1. The van der Waals surface area contributed by atoms with Crippen LogP contribution in [0.3, 0.4) is 0 Å². The van der Waals surface area contributed by atoms with E-state index >= 15 is 0 Å². The number of piperidine rings is 1. The Hall–Kier alpha value is -2.70.